The van der Waals surface area contributed by atoms with Crippen molar-refractivity contribution in [1.82, 2.24) is 4.67 Å². The molecular weight excluding hydrogens is 233 g/mol. The molecule has 0 spiro atoms. The maximum absolute atomic E-state index is 11.3. The van der Waals surface area contributed by atoms with Crippen LogP contribution < -0.4 is 0 Å². The van der Waals surface area contributed by atoms with E-state index >= 15 is 0 Å². The fraction of sp³-hybridized carbons (Fsp3) is 0.778. The van der Waals surface area contributed by atoms with Crippen molar-refractivity contribution >= 4 is 18.1 Å². The van der Waals surface area contributed by atoms with Gasteiger partial charge in [-0.05, 0) is 18.7 Å². The predicted octanol–water partition coefficient (Wildman–Crippen LogP) is 1.35. The highest BCUT2D eigenvalue weighted by Crippen LogP contribution is 2.55. The molecule has 2 saturated heterocycles. The average Bonchev–Trinajstić information content (AvgIpc) is 2.66. The molecule has 3 atom stereocenters. The van der Waals surface area contributed by atoms with E-state index in [0.717, 1.165) is 19.4 Å². The standard InChI is InChI=1S/C9H16NO3PS/c1-3-14-10-6-4-5-8(10)9(13-14)7-15(2,11)12/h3,8-9H,1,4-7H2,2H3/t8-,9+,14-/m0/s1. The molecule has 0 radical (unpaired) electrons. The Hall–Kier alpha value is 0.0400. The minimum absolute atomic E-state index is 0.140. The number of hydrogen-bond acceptors (Lipinski definition) is 4. The normalized spacial score (nSPS) is 36.7. The lowest BCUT2D eigenvalue weighted by Gasteiger charge is -2.17. The highest BCUT2D eigenvalue weighted by molar-refractivity contribution is 7.90. The first kappa shape index (κ1) is 11.5. The molecule has 2 rings (SSSR count). The Balaban J connectivity index is 2.11. The second-order valence-corrected chi connectivity index (χ2v) is 7.97. The molecule has 2 aliphatic heterocycles. The average molecular weight is 249 g/mol. The molecule has 4 nitrogen and oxygen atoms in total. The third kappa shape index (κ3) is 2.41. The summed E-state index contributed by atoms with van der Waals surface area (Å²) in [5.41, 5.74) is 0. The van der Waals surface area contributed by atoms with Gasteiger partial charge in [-0.15, -0.1) is 0 Å². The van der Waals surface area contributed by atoms with E-state index in [1.807, 2.05) is 5.82 Å². The van der Waals surface area contributed by atoms with Gasteiger partial charge in [0.05, 0.1) is 11.9 Å². The molecule has 2 aliphatic rings. The first-order valence-corrected chi connectivity index (χ1v) is 8.38. The molecule has 0 aliphatic carbocycles. The second-order valence-electron chi connectivity index (χ2n) is 4.09. The molecule has 0 bridgehead atoms. The summed E-state index contributed by atoms with van der Waals surface area (Å²) < 4.78 is 30.5. The molecule has 15 heavy (non-hydrogen) atoms. The molecule has 86 valence electrons. The Morgan fingerprint density at radius 2 is 2.40 bits per heavy atom. The van der Waals surface area contributed by atoms with Gasteiger partial charge in [0.25, 0.3) is 0 Å². The molecule has 2 heterocycles. The van der Waals surface area contributed by atoms with Crippen LogP contribution in [0.25, 0.3) is 0 Å². The Morgan fingerprint density at radius 1 is 1.67 bits per heavy atom. The summed E-state index contributed by atoms with van der Waals surface area (Å²) >= 11 is 0. The van der Waals surface area contributed by atoms with Crippen molar-refractivity contribution in [2.75, 3.05) is 18.6 Å². The van der Waals surface area contributed by atoms with Gasteiger partial charge in [0.1, 0.15) is 18.1 Å². The van der Waals surface area contributed by atoms with E-state index < -0.39 is 18.1 Å². The van der Waals surface area contributed by atoms with E-state index in [0.29, 0.717) is 6.04 Å². The number of hydrogen-bond donors (Lipinski definition) is 0. The summed E-state index contributed by atoms with van der Waals surface area (Å²) in [5, 5.41) is 0. The van der Waals surface area contributed by atoms with Gasteiger partial charge in [0, 0.05) is 18.8 Å². The van der Waals surface area contributed by atoms with Crippen LogP contribution in [0.5, 0.6) is 0 Å². The van der Waals surface area contributed by atoms with Crippen molar-refractivity contribution in [2.45, 2.75) is 25.0 Å². The quantitative estimate of drug-likeness (QED) is 0.708. The molecule has 0 amide bonds. The van der Waals surface area contributed by atoms with Crippen LogP contribution in [-0.2, 0) is 14.4 Å². The van der Waals surface area contributed by atoms with Gasteiger partial charge < -0.3 is 4.52 Å². The van der Waals surface area contributed by atoms with Gasteiger partial charge in [-0.1, -0.05) is 6.58 Å². The van der Waals surface area contributed by atoms with Crippen molar-refractivity contribution < 1.29 is 12.9 Å². The SMILES string of the molecule is C=C[P@]1O[C@H](CS(C)(=O)=O)[C@@H]2CCCN21. The maximum atomic E-state index is 11.3. The van der Waals surface area contributed by atoms with Crippen LogP contribution in [0, 0.1) is 0 Å². The first-order valence-electron chi connectivity index (χ1n) is 5.04. The molecule has 2 fully saturated rings. The summed E-state index contributed by atoms with van der Waals surface area (Å²) in [4.78, 5) is 0. The van der Waals surface area contributed by atoms with Crippen LogP contribution in [0.4, 0.5) is 0 Å². The Kier molecular flexibility index (Phi) is 3.17. The summed E-state index contributed by atoms with van der Waals surface area (Å²) in [5.74, 6) is 1.96. The van der Waals surface area contributed by atoms with Crippen molar-refractivity contribution in [3.8, 4) is 0 Å². The highest BCUT2D eigenvalue weighted by Gasteiger charge is 2.44. The van der Waals surface area contributed by atoms with Crippen LogP contribution in [0.15, 0.2) is 12.4 Å². The van der Waals surface area contributed by atoms with E-state index in [2.05, 4.69) is 11.2 Å². The van der Waals surface area contributed by atoms with Crippen LogP contribution in [0.3, 0.4) is 0 Å². The molecule has 0 unspecified atom stereocenters. The fourth-order valence-corrected chi connectivity index (χ4v) is 5.05. The zero-order chi connectivity index (χ0) is 11.1. The van der Waals surface area contributed by atoms with Crippen LogP contribution in [0.2, 0.25) is 0 Å². The van der Waals surface area contributed by atoms with Crippen LogP contribution in [0.1, 0.15) is 12.8 Å². The lowest BCUT2D eigenvalue weighted by atomic mass is 10.1. The van der Waals surface area contributed by atoms with Gasteiger partial charge in [-0.2, -0.15) is 0 Å². The largest absolute Gasteiger partial charge is 0.334 e. The Bertz CT molecular complexity index is 356. The number of nitrogens with zero attached hydrogens (tertiary/aromatic N) is 1. The summed E-state index contributed by atoms with van der Waals surface area (Å²) in [6, 6.07) is 0.295. The smallest absolute Gasteiger partial charge is 0.150 e. The van der Waals surface area contributed by atoms with Gasteiger partial charge in [0.2, 0.25) is 0 Å². The van der Waals surface area contributed by atoms with Crippen molar-refractivity contribution in [3.05, 3.63) is 12.4 Å². The molecular formula is C9H16NO3PS. The van der Waals surface area contributed by atoms with E-state index in [4.69, 9.17) is 4.52 Å². The van der Waals surface area contributed by atoms with Gasteiger partial charge >= 0.3 is 0 Å². The van der Waals surface area contributed by atoms with Crippen LogP contribution >= 0.6 is 8.30 Å². The third-order valence-corrected chi connectivity index (χ3v) is 5.56. The van der Waals surface area contributed by atoms with E-state index in [1.54, 1.807) is 0 Å². The highest BCUT2D eigenvalue weighted by atomic mass is 32.2. The fourth-order valence-electron chi connectivity index (χ4n) is 2.26. The zero-order valence-electron chi connectivity index (χ0n) is 8.80. The number of fused-ring (bicyclic) bond motifs is 1. The zero-order valence-corrected chi connectivity index (χ0v) is 10.5. The van der Waals surface area contributed by atoms with E-state index in [-0.39, 0.29) is 11.9 Å². The lowest BCUT2D eigenvalue weighted by Crippen LogP contribution is -2.33. The molecule has 0 aromatic heterocycles. The summed E-state index contributed by atoms with van der Waals surface area (Å²) in [6.07, 6.45) is 3.31. The van der Waals surface area contributed by atoms with Gasteiger partial charge in [-0.3, -0.25) is 4.67 Å². The minimum Gasteiger partial charge on any atom is -0.334 e. The number of sulfone groups is 1. The minimum atomic E-state index is -2.95. The first-order chi connectivity index (χ1) is 7.01. The summed E-state index contributed by atoms with van der Waals surface area (Å²) in [6.45, 7) is 4.76. The van der Waals surface area contributed by atoms with E-state index in [1.165, 1.54) is 6.26 Å². The monoisotopic (exact) mass is 249 g/mol. The molecule has 6 heteroatoms. The molecule has 0 N–H and O–H groups in total. The molecule has 0 saturated carbocycles. The van der Waals surface area contributed by atoms with Crippen molar-refractivity contribution in [2.24, 2.45) is 0 Å². The second kappa shape index (κ2) is 4.13. The summed E-state index contributed by atoms with van der Waals surface area (Å²) in [7, 11) is -3.70. The lowest BCUT2D eigenvalue weighted by molar-refractivity contribution is 0.234. The van der Waals surface area contributed by atoms with Crippen molar-refractivity contribution in [1.29, 1.82) is 0 Å². The van der Waals surface area contributed by atoms with E-state index in [9.17, 15) is 8.42 Å². The van der Waals surface area contributed by atoms with Crippen molar-refractivity contribution in [3.63, 3.8) is 0 Å². The number of rotatable bonds is 3. The predicted molar refractivity (Wildman–Crippen MR) is 61.4 cm³/mol. The Labute approximate surface area is 92.1 Å². The van der Waals surface area contributed by atoms with Gasteiger partial charge in [0.15, 0.2) is 0 Å². The molecule has 0 aromatic rings. The third-order valence-electron chi connectivity index (χ3n) is 2.82. The van der Waals surface area contributed by atoms with Crippen LogP contribution in [-0.4, -0.2) is 43.8 Å². The maximum Gasteiger partial charge on any atom is 0.150 e. The molecule has 0 aromatic carbocycles. The Morgan fingerprint density at radius 3 is 3.00 bits per heavy atom. The van der Waals surface area contributed by atoms with Gasteiger partial charge in [-0.25, -0.2) is 8.42 Å². The topological polar surface area (TPSA) is 46.6 Å².